The van der Waals surface area contributed by atoms with Crippen molar-refractivity contribution in [1.82, 2.24) is 0 Å². The largest absolute Gasteiger partial charge is 0.481 e. The average Bonchev–Trinajstić information content (AvgIpc) is 3.47. The number of likely N-dealkylation sites (N-methyl/N-ethyl adjacent to an activating group) is 1. The molecule has 0 aliphatic carbocycles. The molecule has 284 valence electrons. The minimum atomic E-state index is -4.35. The van der Waals surface area contributed by atoms with Gasteiger partial charge in [-0.2, -0.15) is 21.4 Å². The molecule has 4 aromatic rings. The summed E-state index contributed by atoms with van der Waals surface area (Å²) < 4.78 is 69.2. The molecule has 0 amide bonds. The molecule has 2 aliphatic rings. The zero-order valence-corrected chi connectivity index (χ0v) is 33.1. The van der Waals surface area contributed by atoms with Gasteiger partial charge in [0.05, 0.1) is 15.2 Å². The van der Waals surface area contributed by atoms with Crippen LogP contribution in [0.25, 0.3) is 21.5 Å². The van der Waals surface area contributed by atoms with E-state index in [-0.39, 0.29) is 16.2 Å². The summed E-state index contributed by atoms with van der Waals surface area (Å²) in [6.07, 6.45) is 10.5. The Morgan fingerprint density at radius 3 is 1.91 bits per heavy atom. The zero-order chi connectivity index (χ0) is 39.4. The lowest BCUT2D eigenvalue weighted by molar-refractivity contribution is -0.433. The van der Waals surface area contributed by atoms with E-state index in [1.807, 2.05) is 24.3 Å². The van der Waals surface area contributed by atoms with Crippen molar-refractivity contribution in [3.63, 3.8) is 0 Å². The molecule has 10 nitrogen and oxygen atoms in total. The third kappa shape index (κ3) is 7.03. The van der Waals surface area contributed by atoms with Gasteiger partial charge in [-0.15, -0.1) is 0 Å². The topological polar surface area (TPSA) is 152 Å². The monoisotopic (exact) mass is 771 g/mol. The minimum Gasteiger partial charge on any atom is -0.481 e. The van der Waals surface area contributed by atoms with Crippen LogP contribution in [0.3, 0.4) is 0 Å². The predicted octanol–water partition coefficient (Wildman–Crippen LogP) is 8.71. The summed E-state index contributed by atoms with van der Waals surface area (Å²) in [5.74, 6) is -0.825. The van der Waals surface area contributed by atoms with Crippen molar-refractivity contribution < 1.29 is 40.4 Å². The Morgan fingerprint density at radius 1 is 0.778 bits per heavy atom. The number of carboxylic acid groups (broad SMARTS) is 1. The standard InChI is InChI=1S/C42H46N2O8S2/c1-7-43-34-21-15-28-25-30(53(47,48)49)17-19-32(28)39(34)41(3,4)36(43)23-13-27(11-9-10-12-38(45)46)14-24-37-42(5,6)40-33-20-18-31(54(50,51)52)26-29(33)16-22-35(40)44(37)8-2/h13-26H,7-12H2,1-6H3,(H2-,45,46,47,48,49,50,51,52)/p+1. The van der Waals surface area contributed by atoms with Gasteiger partial charge in [-0.05, 0) is 122 Å². The maximum Gasteiger partial charge on any atom is 0.303 e. The number of hydrogen-bond acceptors (Lipinski definition) is 6. The highest BCUT2D eigenvalue weighted by Gasteiger charge is 2.45. The van der Waals surface area contributed by atoms with Gasteiger partial charge >= 0.3 is 5.97 Å². The highest BCUT2D eigenvalue weighted by atomic mass is 32.2. The first-order valence-corrected chi connectivity index (χ1v) is 21.0. The third-order valence-electron chi connectivity index (χ3n) is 10.9. The fraction of sp³-hybridized carbons (Fsp3) is 0.333. The summed E-state index contributed by atoms with van der Waals surface area (Å²) in [4.78, 5) is 13.3. The summed E-state index contributed by atoms with van der Waals surface area (Å²) >= 11 is 0. The van der Waals surface area contributed by atoms with Gasteiger partial charge in [0.15, 0.2) is 5.71 Å². The molecular formula is C42H47N2O8S2+. The van der Waals surface area contributed by atoms with Crippen molar-refractivity contribution >= 4 is 64.8 Å². The Labute approximate surface area is 317 Å². The second-order valence-corrected chi connectivity index (χ2v) is 17.8. The van der Waals surface area contributed by atoms with Gasteiger partial charge in [0.1, 0.15) is 6.54 Å². The number of nitrogens with zero attached hydrogens (tertiary/aromatic N) is 2. The van der Waals surface area contributed by atoms with E-state index in [2.05, 4.69) is 75.3 Å². The smallest absolute Gasteiger partial charge is 0.303 e. The lowest BCUT2D eigenvalue weighted by atomic mass is 9.79. The Kier molecular flexibility index (Phi) is 10.3. The van der Waals surface area contributed by atoms with Crippen LogP contribution in [0.1, 0.15) is 78.4 Å². The van der Waals surface area contributed by atoms with Crippen molar-refractivity contribution in [3.8, 4) is 0 Å². The number of carbonyl (C=O) groups is 1. The summed E-state index contributed by atoms with van der Waals surface area (Å²) in [6.45, 7) is 14.2. The van der Waals surface area contributed by atoms with Crippen LogP contribution < -0.4 is 4.90 Å². The molecule has 0 saturated carbocycles. The van der Waals surface area contributed by atoms with Crippen molar-refractivity contribution in [2.24, 2.45) is 0 Å². The molecule has 0 spiro atoms. The number of aliphatic carboxylic acids is 1. The fourth-order valence-corrected chi connectivity index (χ4v) is 9.38. The van der Waals surface area contributed by atoms with Crippen LogP contribution in [-0.4, -0.2) is 60.4 Å². The molecule has 0 aromatic heterocycles. The molecule has 0 atom stereocenters. The van der Waals surface area contributed by atoms with Crippen LogP contribution in [-0.2, 0) is 35.9 Å². The van der Waals surface area contributed by atoms with E-state index < -0.39 is 37.0 Å². The van der Waals surface area contributed by atoms with Gasteiger partial charge in [0.2, 0.25) is 5.69 Å². The van der Waals surface area contributed by atoms with Crippen molar-refractivity contribution in [2.45, 2.75) is 87.8 Å². The summed E-state index contributed by atoms with van der Waals surface area (Å²) in [7, 11) is -8.71. The Morgan fingerprint density at radius 2 is 1.35 bits per heavy atom. The van der Waals surface area contributed by atoms with E-state index in [4.69, 9.17) is 0 Å². The molecule has 2 heterocycles. The van der Waals surface area contributed by atoms with E-state index in [0.29, 0.717) is 32.4 Å². The van der Waals surface area contributed by atoms with Crippen LogP contribution in [0.5, 0.6) is 0 Å². The van der Waals surface area contributed by atoms with Gasteiger partial charge in [0.25, 0.3) is 20.2 Å². The van der Waals surface area contributed by atoms with Gasteiger partial charge < -0.3 is 10.0 Å². The number of hydrogen-bond donors (Lipinski definition) is 3. The first-order chi connectivity index (χ1) is 25.3. The number of benzene rings is 4. The highest BCUT2D eigenvalue weighted by molar-refractivity contribution is 7.86. The number of allylic oxidation sites excluding steroid dienone is 6. The molecule has 0 unspecified atom stereocenters. The van der Waals surface area contributed by atoms with Crippen LogP contribution in [0.4, 0.5) is 11.4 Å². The van der Waals surface area contributed by atoms with E-state index in [0.717, 1.165) is 61.0 Å². The molecule has 0 radical (unpaired) electrons. The second-order valence-electron chi connectivity index (χ2n) is 15.0. The van der Waals surface area contributed by atoms with Gasteiger partial charge in [-0.1, -0.05) is 44.2 Å². The molecule has 0 saturated heterocycles. The van der Waals surface area contributed by atoms with E-state index >= 15 is 0 Å². The maximum absolute atomic E-state index is 11.9. The molecule has 2 aliphatic heterocycles. The van der Waals surface area contributed by atoms with Crippen molar-refractivity contribution in [1.29, 1.82) is 0 Å². The molecule has 4 aromatic carbocycles. The molecule has 12 heteroatoms. The van der Waals surface area contributed by atoms with E-state index in [1.54, 1.807) is 12.1 Å². The summed E-state index contributed by atoms with van der Waals surface area (Å²) in [6, 6.07) is 17.1. The summed E-state index contributed by atoms with van der Waals surface area (Å²) in [5.41, 5.74) is 6.43. The first kappa shape index (κ1) is 39.1. The Hall–Kier alpha value is -4.62. The number of unbranched alkanes of at least 4 members (excludes halogenated alkanes) is 1. The normalized spacial score (nSPS) is 17.7. The highest BCUT2D eigenvalue weighted by Crippen LogP contribution is 2.51. The van der Waals surface area contributed by atoms with Crippen molar-refractivity contribution in [3.05, 3.63) is 107 Å². The summed E-state index contributed by atoms with van der Waals surface area (Å²) in [5, 5.41) is 12.5. The molecule has 54 heavy (non-hydrogen) atoms. The van der Waals surface area contributed by atoms with Crippen LogP contribution >= 0.6 is 0 Å². The van der Waals surface area contributed by atoms with Gasteiger partial charge in [-0.3, -0.25) is 13.9 Å². The lowest BCUT2D eigenvalue weighted by Gasteiger charge is -2.26. The first-order valence-electron chi connectivity index (χ1n) is 18.1. The van der Waals surface area contributed by atoms with E-state index in [9.17, 15) is 35.8 Å². The SMILES string of the molecule is CCN1/C(=C/C=C(/C=C/C2=[N+](CC)c3ccc4cc(S(=O)(=O)O)ccc4c3C2(C)C)CCCCC(=O)O)C(C)(C)c2c1ccc1cc(S(=O)(=O)O)ccc21. The molecule has 0 fully saturated rings. The zero-order valence-electron chi connectivity index (χ0n) is 31.4. The van der Waals surface area contributed by atoms with Gasteiger partial charge in [-0.25, -0.2) is 0 Å². The van der Waals surface area contributed by atoms with Gasteiger partial charge in [0, 0.05) is 47.5 Å². The second kappa shape index (κ2) is 14.2. The van der Waals surface area contributed by atoms with Crippen molar-refractivity contribution in [2.75, 3.05) is 18.0 Å². The lowest BCUT2D eigenvalue weighted by Crippen LogP contribution is -2.27. The van der Waals surface area contributed by atoms with Crippen LogP contribution in [0, 0.1) is 0 Å². The molecular weight excluding hydrogens is 725 g/mol. The number of carboxylic acids is 1. The number of fused-ring (bicyclic) bond motifs is 6. The Bertz CT molecular complexity index is 2560. The molecule has 3 N–H and O–H groups in total. The molecule has 6 rings (SSSR count). The molecule has 0 bridgehead atoms. The van der Waals surface area contributed by atoms with Crippen LogP contribution in [0.15, 0.2) is 106 Å². The predicted molar refractivity (Wildman–Crippen MR) is 213 cm³/mol. The third-order valence-corrected chi connectivity index (χ3v) is 12.6. The Balaban J connectivity index is 1.42. The van der Waals surface area contributed by atoms with E-state index in [1.165, 1.54) is 24.3 Å². The maximum atomic E-state index is 11.9. The number of anilines is 1. The fourth-order valence-electron chi connectivity index (χ4n) is 8.35. The van der Waals surface area contributed by atoms with Crippen LogP contribution in [0.2, 0.25) is 0 Å². The quantitative estimate of drug-likeness (QED) is 0.0556. The minimum absolute atomic E-state index is 0.0894. The average molecular weight is 772 g/mol. The number of rotatable bonds is 12.